The molecule has 0 spiro atoms. The number of hydrogen-bond donors (Lipinski definition) is 2. The number of carbonyl (C=O) groups excluding carboxylic acids is 1. The van der Waals surface area contributed by atoms with Gasteiger partial charge in [-0.05, 0) is 35.9 Å². The third kappa shape index (κ3) is 5.02. The zero-order valence-corrected chi connectivity index (χ0v) is 24.0. The van der Waals surface area contributed by atoms with Gasteiger partial charge < -0.3 is 19.4 Å². The molecular formula is C35H33N3O4. The zero-order chi connectivity index (χ0) is 29.4. The van der Waals surface area contributed by atoms with Gasteiger partial charge in [-0.3, -0.25) is 9.78 Å². The molecule has 7 heteroatoms. The van der Waals surface area contributed by atoms with Gasteiger partial charge in [0.1, 0.15) is 11.4 Å². The molecule has 0 aliphatic carbocycles. The number of pyridine rings is 1. The van der Waals surface area contributed by atoms with Gasteiger partial charge in [0.2, 0.25) is 0 Å². The van der Waals surface area contributed by atoms with Gasteiger partial charge in [-0.25, -0.2) is 4.79 Å². The number of carboxylic acid groups (broad SMARTS) is 1. The van der Waals surface area contributed by atoms with Crippen molar-refractivity contribution in [1.29, 1.82) is 0 Å². The minimum atomic E-state index is -0.996. The number of aromatic amines is 1. The maximum Gasteiger partial charge on any atom is 0.352 e. The van der Waals surface area contributed by atoms with Crippen molar-refractivity contribution in [3.8, 4) is 16.9 Å². The van der Waals surface area contributed by atoms with Gasteiger partial charge in [0.05, 0.1) is 30.4 Å². The van der Waals surface area contributed by atoms with Crippen LogP contribution in [0.5, 0.6) is 5.75 Å². The molecule has 0 atom stereocenters. The Bertz CT molecular complexity index is 1950. The monoisotopic (exact) mass is 559 g/mol. The van der Waals surface area contributed by atoms with Crippen molar-refractivity contribution < 1.29 is 19.4 Å². The van der Waals surface area contributed by atoms with E-state index in [-0.39, 0.29) is 18.0 Å². The Labute approximate surface area is 243 Å². The summed E-state index contributed by atoms with van der Waals surface area (Å²) in [5.74, 6) is -0.0535. The highest BCUT2D eigenvalue weighted by atomic mass is 16.5. The standard InChI is InChI=1S/C35H33N3O4/c1-35(2,3)31(39)21-38-20-28(24-16-17-36-19-29(24)38)27-13-7-12-25-26(33(34(40)41)37-32(25)27)14-8-18-42-30-15-6-10-22-9-4-5-11-23(22)30/h4-7,9-13,15-17,19-20,37H,8,14,18,21H2,1-3H3,(H,40,41). The molecule has 2 N–H and O–H groups in total. The average Bonchev–Trinajstić information content (AvgIpc) is 3.54. The minimum Gasteiger partial charge on any atom is -0.493 e. The molecule has 3 aromatic carbocycles. The quantitative estimate of drug-likeness (QED) is 0.177. The molecule has 212 valence electrons. The minimum absolute atomic E-state index is 0.119. The van der Waals surface area contributed by atoms with Crippen LogP contribution in [0, 0.1) is 5.41 Å². The van der Waals surface area contributed by atoms with Crippen LogP contribution in [0.15, 0.2) is 85.3 Å². The van der Waals surface area contributed by atoms with Crippen molar-refractivity contribution in [3.63, 3.8) is 0 Å². The Morgan fingerprint density at radius 3 is 2.50 bits per heavy atom. The van der Waals surface area contributed by atoms with E-state index in [0.29, 0.717) is 19.4 Å². The van der Waals surface area contributed by atoms with Crippen molar-refractivity contribution in [3.05, 3.63) is 96.6 Å². The number of carboxylic acids is 1. The number of nitrogens with one attached hydrogen (secondary N) is 1. The third-order valence-corrected chi connectivity index (χ3v) is 7.86. The topological polar surface area (TPSA) is 97.2 Å². The van der Waals surface area contributed by atoms with Gasteiger partial charge in [0.15, 0.2) is 5.78 Å². The number of rotatable bonds is 9. The molecule has 0 fully saturated rings. The molecule has 42 heavy (non-hydrogen) atoms. The summed E-state index contributed by atoms with van der Waals surface area (Å²) in [6.45, 7) is 6.45. The van der Waals surface area contributed by atoms with Gasteiger partial charge >= 0.3 is 5.97 Å². The third-order valence-electron chi connectivity index (χ3n) is 7.86. The lowest BCUT2D eigenvalue weighted by Gasteiger charge is -2.17. The Kier molecular flexibility index (Phi) is 7.02. The maximum atomic E-state index is 12.9. The number of benzene rings is 3. The molecule has 6 aromatic rings. The summed E-state index contributed by atoms with van der Waals surface area (Å²) in [5, 5.41) is 14.1. The number of carbonyl (C=O) groups is 2. The van der Waals surface area contributed by atoms with Crippen LogP contribution in [-0.2, 0) is 17.8 Å². The van der Waals surface area contributed by atoms with Gasteiger partial charge in [-0.2, -0.15) is 0 Å². The number of para-hydroxylation sites is 1. The van der Waals surface area contributed by atoms with Crippen LogP contribution in [0.2, 0.25) is 0 Å². The normalized spacial score (nSPS) is 11.9. The summed E-state index contributed by atoms with van der Waals surface area (Å²) in [6.07, 6.45) is 6.68. The molecule has 0 saturated heterocycles. The molecule has 0 amide bonds. The lowest BCUT2D eigenvalue weighted by Crippen LogP contribution is -2.24. The SMILES string of the molecule is CC(C)(C)C(=O)Cn1cc(-c2cccc3c(CCCOc4cccc5ccccc45)c(C(=O)O)[nH]c23)c2ccncc21. The number of fused-ring (bicyclic) bond motifs is 3. The van der Waals surface area contributed by atoms with Crippen LogP contribution >= 0.6 is 0 Å². The molecule has 7 nitrogen and oxygen atoms in total. The summed E-state index contributed by atoms with van der Waals surface area (Å²) in [7, 11) is 0. The fourth-order valence-electron chi connectivity index (χ4n) is 5.57. The molecule has 3 aromatic heterocycles. The highest BCUT2D eigenvalue weighted by Crippen LogP contribution is 2.37. The first-order chi connectivity index (χ1) is 20.2. The van der Waals surface area contributed by atoms with E-state index in [1.807, 2.05) is 86.1 Å². The van der Waals surface area contributed by atoms with Crippen LogP contribution in [-0.4, -0.2) is 38.0 Å². The van der Waals surface area contributed by atoms with Crippen LogP contribution in [0.25, 0.3) is 43.7 Å². The van der Waals surface area contributed by atoms with E-state index in [9.17, 15) is 14.7 Å². The number of aryl methyl sites for hydroxylation is 1. The molecule has 0 aliphatic rings. The number of aromatic nitrogens is 3. The van der Waals surface area contributed by atoms with E-state index < -0.39 is 11.4 Å². The van der Waals surface area contributed by atoms with Gasteiger partial charge in [-0.1, -0.05) is 75.4 Å². The second kappa shape index (κ2) is 10.8. The fraction of sp³-hybridized carbons (Fsp3) is 0.229. The summed E-state index contributed by atoms with van der Waals surface area (Å²) in [5.41, 5.74) is 3.90. The van der Waals surface area contributed by atoms with Crippen molar-refractivity contribution >= 4 is 44.3 Å². The molecule has 6 rings (SSSR count). The smallest absolute Gasteiger partial charge is 0.352 e. The lowest BCUT2D eigenvalue weighted by molar-refractivity contribution is -0.126. The summed E-state index contributed by atoms with van der Waals surface area (Å²) >= 11 is 0. The van der Waals surface area contributed by atoms with Crippen molar-refractivity contribution in [2.24, 2.45) is 5.41 Å². The van der Waals surface area contributed by atoms with E-state index >= 15 is 0 Å². The zero-order valence-electron chi connectivity index (χ0n) is 24.0. The van der Waals surface area contributed by atoms with Crippen molar-refractivity contribution in [2.45, 2.75) is 40.2 Å². The summed E-state index contributed by atoms with van der Waals surface area (Å²) in [4.78, 5) is 32.8. The van der Waals surface area contributed by atoms with Crippen LogP contribution in [0.1, 0.15) is 43.2 Å². The molecule has 0 aliphatic heterocycles. The first-order valence-corrected chi connectivity index (χ1v) is 14.2. The first-order valence-electron chi connectivity index (χ1n) is 14.2. The van der Waals surface area contributed by atoms with Gasteiger partial charge in [0, 0.05) is 45.1 Å². The number of nitrogens with zero attached hydrogens (tertiary/aromatic N) is 2. The number of Topliss-reactive ketones (excluding diaryl/α,β-unsaturated/α-hetero) is 1. The van der Waals surface area contributed by atoms with Crippen LogP contribution in [0.3, 0.4) is 0 Å². The summed E-state index contributed by atoms with van der Waals surface area (Å²) in [6, 6.07) is 21.9. The highest BCUT2D eigenvalue weighted by Gasteiger charge is 2.24. The van der Waals surface area contributed by atoms with E-state index in [1.165, 1.54) is 0 Å². The van der Waals surface area contributed by atoms with E-state index in [0.717, 1.165) is 55.0 Å². The fourth-order valence-corrected chi connectivity index (χ4v) is 5.57. The largest absolute Gasteiger partial charge is 0.493 e. The first kappa shape index (κ1) is 27.3. The van der Waals surface area contributed by atoms with Gasteiger partial charge in [-0.15, -0.1) is 0 Å². The lowest BCUT2D eigenvalue weighted by atomic mass is 9.91. The number of ether oxygens (including phenoxy) is 1. The van der Waals surface area contributed by atoms with Gasteiger partial charge in [0.25, 0.3) is 0 Å². The van der Waals surface area contributed by atoms with Crippen LogP contribution in [0.4, 0.5) is 0 Å². The predicted molar refractivity (Wildman–Crippen MR) is 166 cm³/mol. The molecule has 0 bridgehead atoms. The van der Waals surface area contributed by atoms with E-state index in [2.05, 4.69) is 22.1 Å². The number of hydrogen-bond acceptors (Lipinski definition) is 4. The number of ketones is 1. The average molecular weight is 560 g/mol. The van der Waals surface area contributed by atoms with E-state index in [1.54, 1.807) is 12.4 Å². The Hall–Kier alpha value is -4.91. The molecule has 0 radical (unpaired) electrons. The Morgan fingerprint density at radius 1 is 0.929 bits per heavy atom. The number of aromatic carboxylic acids is 1. The van der Waals surface area contributed by atoms with E-state index in [4.69, 9.17) is 4.74 Å². The second-order valence-electron chi connectivity index (χ2n) is 11.7. The second-order valence-corrected chi connectivity index (χ2v) is 11.7. The van der Waals surface area contributed by atoms with Crippen molar-refractivity contribution in [2.75, 3.05) is 6.61 Å². The molecule has 0 saturated carbocycles. The highest BCUT2D eigenvalue weighted by molar-refractivity contribution is 6.07. The Balaban J connectivity index is 1.33. The maximum absolute atomic E-state index is 12.9. The van der Waals surface area contributed by atoms with Crippen LogP contribution < -0.4 is 4.74 Å². The van der Waals surface area contributed by atoms with Crippen molar-refractivity contribution in [1.82, 2.24) is 14.5 Å². The number of H-pyrrole nitrogens is 1. The molecule has 0 unspecified atom stereocenters. The Morgan fingerprint density at radius 2 is 1.69 bits per heavy atom. The predicted octanol–water partition coefficient (Wildman–Crippen LogP) is 7.66. The molecule has 3 heterocycles. The molecular weight excluding hydrogens is 526 g/mol. The summed E-state index contributed by atoms with van der Waals surface area (Å²) < 4.78 is 8.08.